The lowest BCUT2D eigenvalue weighted by Gasteiger charge is -2.56. The highest BCUT2D eigenvalue weighted by Crippen LogP contribution is 2.49. The Balaban J connectivity index is 1.03. The van der Waals surface area contributed by atoms with Crippen molar-refractivity contribution in [1.29, 1.82) is 0 Å². The van der Waals surface area contributed by atoms with Gasteiger partial charge in [-0.25, -0.2) is 14.6 Å². The van der Waals surface area contributed by atoms with E-state index in [0.717, 1.165) is 23.5 Å². The summed E-state index contributed by atoms with van der Waals surface area (Å²) in [5.74, 6) is -6.20. The molecule has 6 aliphatic heterocycles. The van der Waals surface area contributed by atoms with Gasteiger partial charge in [0.15, 0.2) is 28.1 Å². The molecule has 6 N–H and O–H groups in total. The van der Waals surface area contributed by atoms with E-state index in [-0.39, 0.29) is 51.7 Å². The van der Waals surface area contributed by atoms with Crippen molar-refractivity contribution >= 4 is 69.4 Å². The fraction of sp³-hybridized carbons (Fsp3) is 0.471. The Morgan fingerprint density at radius 2 is 1.66 bits per heavy atom. The third kappa shape index (κ3) is 6.19. The molecule has 4 saturated heterocycles. The summed E-state index contributed by atoms with van der Waals surface area (Å²) in [6, 6.07) is 2.22. The van der Waals surface area contributed by atoms with Crippen LogP contribution in [0.3, 0.4) is 0 Å². The van der Waals surface area contributed by atoms with Crippen molar-refractivity contribution in [3.63, 3.8) is 0 Å². The molecule has 280 valence electrons. The molecule has 6 aliphatic rings. The number of Topliss-reactive ketones (excluding diaryl/α,β-unsaturated/α-hetero) is 1. The van der Waals surface area contributed by atoms with Gasteiger partial charge in [-0.15, -0.1) is 23.1 Å². The number of thiazole rings is 1. The summed E-state index contributed by atoms with van der Waals surface area (Å²) in [6.07, 6.45) is 1.74. The van der Waals surface area contributed by atoms with Gasteiger partial charge in [-0.2, -0.15) is 0 Å². The quantitative estimate of drug-likeness (QED) is 0.0516. The van der Waals surface area contributed by atoms with Crippen molar-refractivity contribution in [3.8, 4) is 11.5 Å². The minimum Gasteiger partial charge on any atom is -0.504 e. The number of aromatic hydroxyl groups is 2. The number of phenolic OH excluding ortho intramolecular Hbond substituents is 2. The number of hydrogen-bond donors (Lipinski definition) is 5. The largest absolute Gasteiger partial charge is 0.504 e. The number of imide groups is 1. The number of carbonyl (C=O) groups is 6. The van der Waals surface area contributed by atoms with E-state index in [4.69, 9.17) is 10.6 Å². The number of fused-ring (bicyclic) bond motifs is 5. The predicted octanol–water partition coefficient (Wildman–Crippen LogP) is 1.85. The number of benzene rings is 1. The molecule has 17 nitrogen and oxygen atoms in total. The summed E-state index contributed by atoms with van der Waals surface area (Å²) in [6.45, 7) is 5.19. The number of phenols is 2. The number of thioether (sulfide) groups is 1. The number of piperidine rings is 3. The molecule has 3 amide bonds. The molecule has 4 fully saturated rings. The molecule has 1 aromatic carbocycles. The second-order valence-electron chi connectivity index (χ2n) is 14.8. The lowest BCUT2D eigenvalue weighted by molar-refractivity contribution is -0.941. The molecule has 0 aliphatic carbocycles. The SMILES string of the molecule is CC(C)(O/N=C(\C(=O)C[C@@H]1C(=O)N2C(C(=O)O)=C(C[N+]34CCC(CN5C(=O)c6cc(O)c(O)cc6C5=O)(CC3)CC4)CS[C@H]12)c1csc(N)n1)C(=O)O. The first-order chi connectivity index (χ1) is 24.9. The number of anilines is 1. The van der Waals surface area contributed by atoms with E-state index in [1.165, 1.54) is 40.8 Å². The van der Waals surface area contributed by atoms with Gasteiger partial charge in [-0.3, -0.25) is 29.0 Å². The molecular weight excluding hydrogens is 733 g/mol. The second kappa shape index (κ2) is 12.8. The number of ketones is 1. The number of aliphatic carboxylic acids is 2. The third-order valence-corrected chi connectivity index (χ3v) is 13.2. The highest BCUT2D eigenvalue weighted by Gasteiger charge is 2.57. The number of hydrogen-bond acceptors (Lipinski definition) is 14. The maximum atomic E-state index is 13.6. The summed E-state index contributed by atoms with van der Waals surface area (Å²) in [5, 5.41) is 44.4. The molecule has 2 bridgehead atoms. The van der Waals surface area contributed by atoms with Crippen LogP contribution in [0.2, 0.25) is 0 Å². The zero-order chi connectivity index (χ0) is 38.2. The Hall–Kier alpha value is -5.01. The molecule has 0 saturated carbocycles. The van der Waals surface area contributed by atoms with Crippen molar-refractivity contribution in [2.75, 3.05) is 44.2 Å². The van der Waals surface area contributed by atoms with Crippen LogP contribution < -0.4 is 5.73 Å². The number of quaternary nitrogens is 1. The van der Waals surface area contributed by atoms with Crippen LogP contribution in [0.1, 0.15) is 65.9 Å². The van der Waals surface area contributed by atoms with Gasteiger partial charge >= 0.3 is 11.9 Å². The molecule has 2 aromatic rings. The molecule has 53 heavy (non-hydrogen) atoms. The average Bonchev–Trinajstić information content (AvgIpc) is 3.64. The topological polar surface area (TPSA) is 250 Å². The van der Waals surface area contributed by atoms with Crippen molar-refractivity contribution in [3.05, 3.63) is 45.6 Å². The molecule has 2 atom stereocenters. The first-order valence-electron chi connectivity index (χ1n) is 16.9. The highest BCUT2D eigenvalue weighted by molar-refractivity contribution is 8.00. The lowest BCUT2D eigenvalue weighted by Crippen LogP contribution is -2.66. The first kappa shape index (κ1) is 36.4. The number of nitrogens with two attached hydrogens (primary N) is 1. The smallest absolute Gasteiger partial charge is 0.352 e. The van der Waals surface area contributed by atoms with Gasteiger partial charge < -0.3 is 35.5 Å². The molecule has 0 spiro atoms. The summed E-state index contributed by atoms with van der Waals surface area (Å²) in [4.78, 5) is 89.4. The number of carbonyl (C=O) groups excluding carboxylic acids is 4. The van der Waals surface area contributed by atoms with Gasteiger partial charge in [0.25, 0.3) is 11.8 Å². The van der Waals surface area contributed by atoms with Crippen LogP contribution in [0, 0.1) is 11.3 Å². The van der Waals surface area contributed by atoms with Gasteiger partial charge in [-0.05, 0) is 26.0 Å². The highest BCUT2D eigenvalue weighted by atomic mass is 32.2. The van der Waals surface area contributed by atoms with Crippen LogP contribution in [0.5, 0.6) is 11.5 Å². The van der Waals surface area contributed by atoms with Gasteiger partial charge in [0.2, 0.25) is 11.5 Å². The average molecular weight is 770 g/mol. The molecule has 0 unspecified atom stereocenters. The van der Waals surface area contributed by atoms with Gasteiger partial charge in [-0.1, -0.05) is 5.16 Å². The van der Waals surface area contributed by atoms with Crippen LogP contribution in [-0.4, -0.2) is 130 Å². The Bertz CT molecular complexity index is 1990. The van der Waals surface area contributed by atoms with Crippen LogP contribution in [0.4, 0.5) is 5.13 Å². The van der Waals surface area contributed by atoms with E-state index in [0.29, 0.717) is 61.3 Å². The summed E-state index contributed by atoms with van der Waals surface area (Å²) < 4.78 is 0.607. The number of oxime groups is 1. The van der Waals surface area contributed by atoms with Crippen LogP contribution in [0.15, 0.2) is 33.9 Å². The standard InChI is InChI=1S/C34H36N6O11S2/c1-33(2,31(49)50)51-37-24(20-14-53-32(35)36-20)23(43)11-19-28(46)39-25(30(47)48)16(13-52-29(19)39)12-40-6-3-34(4-7-40,5-8-40)15-38-26(44)17-9-21(41)22(42)10-18(17)27(38)45/h9-10,14,19,29H,3-8,11-13,15H2,1-2H3,(H5-,35,36,37,41,42,43,44,45,47,48,49,50)/p+1/t19-,29-,34?,40?/m1/s1. The fourth-order valence-electron chi connectivity index (χ4n) is 7.88. The van der Waals surface area contributed by atoms with E-state index in [9.17, 15) is 49.2 Å². The third-order valence-electron chi connectivity index (χ3n) is 11.1. The monoisotopic (exact) mass is 769 g/mol. The number of carboxylic acids is 2. The summed E-state index contributed by atoms with van der Waals surface area (Å²) in [7, 11) is 0. The minimum absolute atomic E-state index is 0.0545. The van der Waals surface area contributed by atoms with Crippen molar-refractivity contribution in [2.45, 2.75) is 50.5 Å². The Morgan fingerprint density at radius 3 is 2.19 bits per heavy atom. The van der Waals surface area contributed by atoms with E-state index < -0.39 is 63.8 Å². The number of carboxylic acid groups (broad SMARTS) is 2. The number of aromatic nitrogens is 1. The number of amides is 3. The fourth-order valence-corrected chi connectivity index (χ4v) is 9.83. The van der Waals surface area contributed by atoms with Gasteiger partial charge in [0.1, 0.15) is 17.9 Å². The predicted molar refractivity (Wildman–Crippen MR) is 188 cm³/mol. The molecular formula is C34H37N6O11S2+. The van der Waals surface area contributed by atoms with E-state index >= 15 is 0 Å². The van der Waals surface area contributed by atoms with Crippen molar-refractivity contribution in [2.24, 2.45) is 16.5 Å². The molecule has 8 rings (SSSR count). The van der Waals surface area contributed by atoms with Crippen molar-refractivity contribution < 1.29 is 58.5 Å². The number of β-lactam (4-membered cyclic amide) rings is 1. The molecule has 19 heteroatoms. The van der Waals surface area contributed by atoms with E-state index in [1.807, 2.05) is 0 Å². The van der Waals surface area contributed by atoms with Crippen LogP contribution in [-0.2, 0) is 24.0 Å². The normalized spacial score (nSPS) is 26.8. The molecule has 7 heterocycles. The number of nitrogens with zero attached hydrogens (tertiary/aromatic N) is 5. The first-order valence-corrected chi connectivity index (χ1v) is 18.8. The summed E-state index contributed by atoms with van der Waals surface area (Å²) in [5.41, 5.74) is 4.09. The lowest BCUT2D eigenvalue weighted by atomic mass is 9.70. The van der Waals surface area contributed by atoms with Gasteiger partial charge in [0.05, 0.1) is 42.1 Å². The number of nitrogen functional groups attached to an aromatic ring is 1. The maximum absolute atomic E-state index is 13.6. The number of rotatable bonds is 12. The maximum Gasteiger partial charge on any atom is 0.352 e. The van der Waals surface area contributed by atoms with Crippen LogP contribution in [0.25, 0.3) is 0 Å². The van der Waals surface area contributed by atoms with Crippen molar-refractivity contribution in [1.82, 2.24) is 14.8 Å². The summed E-state index contributed by atoms with van der Waals surface area (Å²) >= 11 is 2.42. The minimum atomic E-state index is -1.76. The molecule has 1 aromatic heterocycles. The molecule has 0 radical (unpaired) electrons. The van der Waals surface area contributed by atoms with E-state index in [2.05, 4.69) is 10.1 Å². The van der Waals surface area contributed by atoms with E-state index in [1.54, 1.807) is 0 Å². The van der Waals surface area contributed by atoms with Gasteiger partial charge in [0, 0.05) is 54.3 Å². The zero-order valence-electron chi connectivity index (χ0n) is 28.7. The zero-order valence-corrected chi connectivity index (χ0v) is 30.4. The Morgan fingerprint density at radius 1 is 1.06 bits per heavy atom. The Labute approximate surface area is 310 Å². The second-order valence-corrected chi connectivity index (χ2v) is 16.8. The Kier molecular flexibility index (Phi) is 8.80. The van der Waals surface area contributed by atoms with Crippen LogP contribution >= 0.6 is 23.1 Å².